The average Bonchev–Trinajstić information content (AvgIpc) is 3.02. The summed E-state index contributed by atoms with van der Waals surface area (Å²) >= 11 is 0. The first-order valence-corrected chi connectivity index (χ1v) is 10.8. The van der Waals surface area contributed by atoms with E-state index in [-0.39, 0.29) is 28.4 Å². The Labute approximate surface area is 169 Å². The van der Waals surface area contributed by atoms with Gasteiger partial charge in [0, 0.05) is 13.1 Å². The second-order valence-corrected chi connectivity index (χ2v) is 8.61. The van der Waals surface area contributed by atoms with Crippen LogP contribution in [0.1, 0.15) is 52.2 Å². The van der Waals surface area contributed by atoms with Crippen LogP contribution in [0.2, 0.25) is 0 Å². The fourth-order valence-corrected chi connectivity index (χ4v) is 4.74. The van der Waals surface area contributed by atoms with Crippen LogP contribution in [0.25, 0.3) is 0 Å². The number of benzene rings is 1. The van der Waals surface area contributed by atoms with Crippen LogP contribution < -0.4 is 0 Å². The molecule has 1 aliphatic heterocycles. The van der Waals surface area contributed by atoms with Crippen molar-refractivity contribution in [2.75, 3.05) is 20.2 Å². The Morgan fingerprint density at radius 1 is 1.07 bits per heavy atom. The van der Waals surface area contributed by atoms with Gasteiger partial charge < -0.3 is 13.9 Å². The van der Waals surface area contributed by atoms with Crippen molar-refractivity contribution >= 4 is 22.0 Å². The van der Waals surface area contributed by atoms with Gasteiger partial charge in [-0.15, -0.1) is 0 Å². The predicted octanol–water partition coefficient (Wildman–Crippen LogP) is 2.99. The minimum absolute atomic E-state index is 0.0575. The number of carbonyl (C=O) groups is 2. The molecule has 0 spiro atoms. The van der Waals surface area contributed by atoms with E-state index in [2.05, 4.69) is 4.74 Å². The molecule has 156 valence electrons. The predicted molar refractivity (Wildman–Crippen MR) is 103 cm³/mol. The summed E-state index contributed by atoms with van der Waals surface area (Å²) in [6.07, 6.45) is 4.97. The van der Waals surface area contributed by atoms with Gasteiger partial charge in [-0.3, -0.25) is 0 Å². The second-order valence-electron chi connectivity index (χ2n) is 6.67. The lowest BCUT2D eigenvalue weighted by Crippen LogP contribution is -2.32. The van der Waals surface area contributed by atoms with Gasteiger partial charge in [0.05, 0.1) is 23.8 Å². The highest BCUT2D eigenvalue weighted by molar-refractivity contribution is 7.89. The van der Waals surface area contributed by atoms with Crippen LogP contribution in [0.4, 0.5) is 0 Å². The van der Waals surface area contributed by atoms with E-state index < -0.39 is 22.0 Å². The molecular weight excluding hydrogens is 398 g/mol. The SMILES string of the molecule is COC(=O)c1ccoc1COC(=O)c1cccc(S(=O)(=O)N2CCCCCC2)c1. The normalized spacial score (nSPS) is 15.5. The summed E-state index contributed by atoms with van der Waals surface area (Å²) in [4.78, 5) is 24.1. The summed E-state index contributed by atoms with van der Waals surface area (Å²) in [5.74, 6) is -1.17. The summed E-state index contributed by atoms with van der Waals surface area (Å²) in [6.45, 7) is 0.678. The molecular formula is C20H23NO7S. The van der Waals surface area contributed by atoms with Crippen molar-refractivity contribution in [1.29, 1.82) is 0 Å². The molecule has 1 fully saturated rings. The van der Waals surface area contributed by atoms with Crippen molar-refractivity contribution in [2.45, 2.75) is 37.2 Å². The molecule has 0 aliphatic carbocycles. The van der Waals surface area contributed by atoms with Crippen molar-refractivity contribution in [3.05, 3.63) is 53.5 Å². The maximum absolute atomic E-state index is 12.9. The fraction of sp³-hybridized carbons (Fsp3) is 0.400. The highest BCUT2D eigenvalue weighted by Crippen LogP contribution is 2.22. The number of hydrogen-bond acceptors (Lipinski definition) is 7. The molecule has 1 aliphatic rings. The van der Waals surface area contributed by atoms with Gasteiger partial charge >= 0.3 is 11.9 Å². The van der Waals surface area contributed by atoms with Crippen molar-refractivity contribution in [3.63, 3.8) is 0 Å². The molecule has 0 radical (unpaired) electrons. The molecule has 29 heavy (non-hydrogen) atoms. The van der Waals surface area contributed by atoms with Crippen molar-refractivity contribution in [1.82, 2.24) is 4.31 Å². The molecule has 2 aromatic rings. The quantitative estimate of drug-likeness (QED) is 0.661. The van der Waals surface area contributed by atoms with E-state index in [9.17, 15) is 18.0 Å². The van der Waals surface area contributed by atoms with Gasteiger partial charge in [0.15, 0.2) is 12.4 Å². The van der Waals surface area contributed by atoms with Gasteiger partial charge in [0.25, 0.3) is 0 Å². The third-order valence-corrected chi connectivity index (χ3v) is 6.65. The lowest BCUT2D eigenvalue weighted by atomic mass is 10.2. The monoisotopic (exact) mass is 421 g/mol. The molecule has 8 nitrogen and oxygen atoms in total. The molecule has 1 saturated heterocycles. The van der Waals surface area contributed by atoms with Crippen molar-refractivity contribution in [2.24, 2.45) is 0 Å². The number of rotatable bonds is 6. The molecule has 0 N–H and O–H groups in total. The summed E-state index contributed by atoms with van der Waals surface area (Å²) in [5.41, 5.74) is 0.268. The van der Waals surface area contributed by atoms with Crippen LogP contribution in [-0.4, -0.2) is 44.9 Å². The summed E-state index contributed by atoms with van der Waals surface area (Å²) in [6, 6.07) is 7.19. The van der Waals surface area contributed by atoms with E-state index in [1.807, 2.05) is 0 Å². The van der Waals surface area contributed by atoms with E-state index in [1.165, 1.54) is 48.0 Å². The standard InChI is InChI=1S/C20H23NO7S/c1-26-20(23)17-9-12-27-18(17)14-28-19(22)15-7-6-8-16(13-15)29(24,25)21-10-4-2-3-5-11-21/h6-9,12-13H,2-5,10-11,14H2,1H3. The molecule has 1 aromatic heterocycles. The maximum Gasteiger partial charge on any atom is 0.341 e. The van der Waals surface area contributed by atoms with Gasteiger partial charge in [-0.05, 0) is 37.1 Å². The lowest BCUT2D eigenvalue weighted by molar-refractivity contribution is 0.0432. The maximum atomic E-state index is 12.9. The fourth-order valence-electron chi connectivity index (χ4n) is 3.17. The van der Waals surface area contributed by atoms with Gasteiger partial charge in [-0.2, -0.15) is 4.31 Å². The van der Waals surface area contributed by atoms with E-state index in [1.54, 1.807) is 0 Å². The summed E-state index contributed by atoms with van der Waals surface area (Å²) < 4.78 is 42.3. The van der Waals surface area contributed by atoms with Crippen LogP contribution in [-0.2, 0) is 26.1 Å². The molecule has 0 saturated carbocycles. The Hall–Kier alpha value is -2.65. The highest BCUT2D eigenvalue weighted by atomic mass is 32.2. The molecule has 0 bridgehead atoms. The van der Waals surface area contributed by atoms with Gasteiger partial charge in [-0.25, -0.2) is 18.0 Å². The minimum atomic E-state index is -3.68. The number of nitrogens with zero attached hydrogens (tertiary/aromatic N) is 1. The van der Waals surface area contributed by atoms with Crippen molar-refractivity contribution in [3.8, 4) is 0 Å². The van der Waals surface area contributed by atoms with Crippen LogP contribution in [0, 0.1) is 0 Å². The lowest BCUT2D eigenvalue weighted by Gasteiger charge is -2.20. The Balaban J connectivity index is 1.73. The third kappa shape index (κ3) is 4.86. The number of sulfonamides is 1. The number of ether oxygens (including phenoxy) is 2. The van der Waals surface area contributed by atoms with E-state index in [0.29, 0.717) is 13.1 Å². The van der Waals surface area contributed by atoms with Crippen LogP contribution in [0.15, 0.2) is 45.9 Å². The summed E-state index contributed by atoms with van der Waals surface area (Å²) in [5, 5.41) is 0. The Morgan fingerprint density at radius 3 is 2.48 bits per heavy atom. The molecule has 0 amide bonds. The topological polar surface area (TPSA) is 103 Å². The van der Waals surface area contributed by atoms with E-state index >= 15 is 0 Å². The zero-order chi connectivity index (χ0) is 20.9. The Kier molecular flexibility index (Phi) is 6.71. The largest absolute Gasteiger partial charge is 0.465 e. The smallest absolute Gasteiger partial charge is 0.341 e. The third-order valence-electron chi connectivity index (χ3n) is 4.76. The van der Waals surface area contributed by atoms with Gasteiger partial charge in [-0.1, -0.05) is 18.9 Å². The number of furan rings is 1. The van der Waals surface area contributed by atoms with Crippen LogP contribution >= 0.6 is 0 Å². The molecule has 0 unspecified atom stereocenters. The highest BCUT2D eigenvalue weighted by Gasteiger charge is 2.26. The Bertz CT molecular complexity index is 972. The van der Waals surface area contributed by atoms with E-state index in [4.69, 9.17) is 9.15 Å². The first-order valence-electron chi connectivity index (χ1n) is 9.35. The number of hydrogen-bond donors (Lipinski definition) is 0. The zero-order valence-electron chi connectivity index (χ0n) is 16.1. The van der Waals surface area contributed by atoms with Gasteiger partial charge in [0.1, 0.15) is 5.56 Å². The van der Waals surface area contributed by atoms with Gasteiger partial charge in [0.2, 0.25) is 10.0 Å². The summed E-state index contributed by atoms with van der Waals surface area (Å²) in [7, 11) is -2.44. The minimum Gasteiger partial charge on any atom is -0.465 e. The Morgan fingerprint density at radius 2 is 1.79 bits per heavy atom. The number of esters is 2. The zero-order valence-corrected chi connectivity index (χ0v) is 16.9. The first-order chi connectivity index (χ1) is 13.9. The molecule has 0 atom stereocenters. The molecule has 3 rings (SSSR count). The number of methoxy groups -OCH3 is 1. The van der Waals surface area contributed by atoms with E-state index in [0.717, 1.165) is 25.7 Å². The second kappa shape index (κ2) is 9.23. The molecule has 1 aromatic carbocycles. The molecule has 2 heterocycles. The van der Waals surface area contributed by atoms with Crippen LogP contribution in [0.3, 0.4) is 0 Å². The van der Waals surface area contributed by atoms with Crippen LogP contribution in [0.5, 0.6) is 0 Å². The number of carbonyl (C=O) groups excluding carboxylic acids is 2. The average molecular weight is 421 g/mol. The van der Waals surface area contributed by atoms with Crippen molar-refractivity contribution < 1.29 is 31.9 Å². The molecule has 9 heteroatoms. The first kappa shape index (κ1) is 21.1.